The molecule has 1 N–H and O–H groups in total. The molecule has 0 radical (unpaired) electrons. The minimum Gasteiger partial charge on any atom is -0.491 e. The highest BCUT2D eigenvalue weighted by atomic mass is 16.5. The molecule has 0 aromatic heterocycles. The molecule has 2 unspecified atom stereocenters. The lowest BCUT2D eigenvalue weighted by atomic mass is 9.91. The molecule has 1 fully saturated rings. The van der Waals surface area contributed by atoms with E-state index in [0.717, 1.165) is 13.1 Å². The van der Waals surface area contributed by atoms with E-state index >= 15 is 0 Å². The summed E-state index contributed by atoms with van der Waals surface area (Å²) in [6, 6.07) is 9.65. The van der Waals surface area contributed by atoms with Gasteiger partial charge in [0.1, 0.15) is 18.4 Å². The van der Waals surface area contributed by atoms with Crippen LogP contribution in [0, 0.1) is 17.2 Å². The fourth-order valence-corrected chi connectivity index (χ4v) is 2.87. The highest BCUT2D eigenvalue weighted by Crippen LogP contribution is 2.23. The largest absolute Gasteiger partial charge is 0.491 e. The van der Waals surface area contributed by atoms with Gasteiger partial charge in [-0.05, 0) is 37.4 Å². The molecule has 0 saturated carbocycles. The molecule has 4 heteroatoms. The van der Waals surface area contributed by atoms with Gasteiger partial charge in [-0.25, -0.2) is 0 Å². The van der Waals surface area contributed by atoms with Crippen LogP contribution >= 0.6 is 0 Å². The Labute approximate surface area is 120 Å². The van der Waals surface area contributed by atoms with Crippen LogP contribution in [-0.4, -0.2) is 42.4 Å². The second kappa shape index (κ2) is 7.28. The van der Waals surface area contributed by atoms with E-state index in [1.807, 2.05) is 18.2 Å². The summed E-state index contributed by atoms with van der Waals surface area (Å²) in [5.74, 6) is 1.17. The minimum absolute atomic E-state index is 0.204. The summed E-state index contributed by atoms with van der Waals surface area (Å²) in [4.78, 5) is 2.29. The molecule has 2 atom stereocenters. The summed E-state index contributed by atoms with van der Waals surface area (Å²) in [6.07, 6.45) is 2.35. The first-order valence-electron chi connectivity index (χ1n) is 7.23. The zero-order valence-corrected chi connectivity index (χ0v) is 12.0. The SMILES string of the molecule is CC1CCCN(CCOc2ccccc2C#N)C1CO. The maximum atomic E-state index is 9.50. The van der Waals surface area contributed by atoms with Crippen molar-refractivity contribution in [3.63, 3.8) is 0 Å². The van der Waals surface area contributed by atoms with Gasteiger partial charge in [-0.2, -0.15) is 5.26 Å². The van der Waals surface area contributed by atoms with Crippen molar-refractivity contribution in [2.24, 2.45) is 5.92 Å². The fraction of sp³-hybridized carbons (Fsp3) is 0.562. The van der Waals surface area contributed by atoms with E-state index in [0.29, 0.717) is 23.8 Å². The normalized spacial score (nSPS) is 23.2. The molecular formula is C16H22N2O2. The average Bonchev–Trinajstić information content (AvgIpc) is 2.48. The van der Waals surface area contributed by atoms with Crippen LogP contribution in [0.4, 0.5) is 0 Å². The Bertz CT molecular complexity index is 470. The number of hydrogen-bond donors (Lipinski definition) is 1. The Morgan fingerprint density at radius 1 is 1.45 bits per heavy atom. The molecular weight excluding hydrogens is 252 g/mol. The zero-order chi connectivity index (χ0) is 14.4. The molecule has 108 valence electrons. The number of nitriles is 1. The van der Waals surface area contributed by atoms with Gasteiger partial charge in [0, 0.05) is 12.6 Å². The van der Waals surface area contributed by atoms with E-state index < -0.39 is 0 Å². The number of piperidine rings is 1. The molecule has 1 aliphatic heterocycles. The molecule has 0 amide bonds. The van der Waals surface area contributed by atoms with E-state index in [1.165, 1.54) is 12.8 Å². The number of nitrogens with zero attached hydrogens (tertiary/aromatic N) is 2. The highest BCUT2D eigenvalue weighted by Gasteiger charge is 2.27. The standard InChI is InChI=1S/C16H22N2O2/c1-13-5-4-8-18(15(13)12-19)9-10-20-16-7-3-2-6-14(16)11-17/h2-3,6-7,13,15,19H,4-5,8-10,12H2,1H3. The molecule has 0 spiro atoms. The quantitative estimate of drug-likeness (QED) is 0.892. The van der Waals surface area contributed by atoms with Gasteiger partial charge in [0.2, 0.25) is 0 Å². The van der Waals surface area contributed by atoms with Gasteiger partial charge in [-0.1, -0.05) is 19.1 Å². The molecule has 1 aromatic rings. The van der Waals surface area contributed by atoms with E-state index in [4.69, 9.17) is 10.00 Å². The summed E-state index contributed by atoms with van der Waals surface area (Å²) in [5.41, 5.74) is 0.568. The Balaban J connectivity index is 1.87. The maximum absolute atomic E-state index is 9.50. The first-order valence-corrected chi connectivity index (χ1v) is 7.23. The van der Waals surface area contributed by atoms with Crippen molar-refractivity contribution in [2.75, 3.05) is 26.3 Å². The van der Waals surface area contributed by atoms with Gasteiger partial charge in [0.15, 0.2) is 0 Å². The summed E-state index contributed by atoms with van der Waals surface area (Å²) in [5, 5.41) is 18.5. The Kier molecular flexibility index (Phi) is 5.40. The van der Waals surface area contributed by atoms with Gasteiger partial charge >= 0.3 is 0 Å². The van der Waals surface area contributed by atoms with Crippen molar-refractivity contribution in [2.45, 2.75) is 25.8 Å². The van der Waals surface area contributed by atoms with E-state index in [1.54, 1.807) is 6.07 Å². The van der Waals surface area contributed by atoms with Crippen molar-refractivity contribution in [1.82, 2.24) is 4.90 Å². The molecule has 20 heavy (non-hydrogen) atoms. The van der Waals surface area contributed by atoms with Crippen LogP contribution in [0.2, 0.25) is 0 Å². The smallest absolute Gasteiger partial charge is 0.137 e. The number of benzene rings is 1. The van der Waals surface area contributed by atoms with Crippen LogP contribution in [0.15, 0.2) is 24.3 Å². The molecule has 0 aliphatic carbocycles. The molecule has 0 bridgehead atoms. The predicted octanol–water partition coefficient (Wildman–Crippen LogP) is 2.03. The Morgan fingerprint density at radius 3 is 3.00 bits per heavy atom. The van der Waals surface area contributed by atoms with Crippen molar-refractivity contribution in [1.29, 1.82) is 5.26 Å². The summed E-state index contributed by atoms with van der Waals surface area (Å²) in [7, 11) is 0. The van der Waals surface area contributed by atoms with Crippen molar-refractivity contribution in [3.05, 3.63) is 29.8 Å². The van der Waals surface area contributed by atoms with Crippen molar-refractivity contribution in [3.8, 4) is 11.8 Å². The lowest BCUT2D eigenvalue weighted by Crippen LogP contribution is -2.48. The van der Waals surface area contributed by atoms with Crippen LogP contribution in [0.5, 0.6) is 5.75 Å². The number of rotatable bonds is 5. The second-order valence-corrected chi connectivity index (χ2v) is 5.36. The Hall–Kier alpha value is -1.57. The molecule has 1 heterocycles. The van der Waals surface area contributed by atoms with E-state index in [9.17, 15) is 5.11 Å². The zero-order valence-electron chi connectivity index (χ0n) is 12.0. The fourth-order valence-electron chi connectivity index (χ4n) is 2.87. The number of aliphatic hydroxyl groups excluding tert-OH is 1. The summed E-state index contributed by atoms with van der Waals surface area (Å²) < 4.78 is 5.71. The van der Waals surface area contributed by atoms with Crippen LogP contribution in [0.25, 0.3) is 0 Å². The van der Waals surface area contributed by atoms with Gasteiger partial charge in [-0.3, -0.25) is 4.90 Å². The van der Waals surface area contributed by atoms with E-state index in [-0.39, 0.29) is 12.6 Å². The number of aliphatic hydroxyl groups is 1. The van der Waals surface area contributed by atoms with Crippen molar-refractivity contribution >= 4 is 0 Å². The molecule has 4 nitrogen and oxygen atoms in total. The average molecular weight is 274 g/mol. The third-order valence-corrected chi connectivity index (χ3v) is 4.06. The highest BCUT2D eigenvalue weighted by molar-refractivity contribution is 5.42. The summed E-state index contributed by atoms with van der Waals surface area (Å²) in [6.45, 7) is 4.74. The van der Waals surface area contributed by atoms with Crippen LogP contribution < -0.4 is 4.74 Å². The third kappa shape index (κ3) is 3.50. The van der Waals surface area contributed by atoms with Crippen molar-refractivity contribution < 1.29 is 9.84 Å². The molecule has 1 aromatic carbocycles. The van der Waals surface area contributed by atoms with Crippen LogP contribution in [0.3, 0.4) is 0 Å². The Morgan fingerprint density at radius 2 is 2.25 bits per heavy atom. The number of para-hydroxylation sites is 1. The third-order valence-electron chi connectivity index (χ3n) is 4.06. The van der Waals surface area contributed by atoms with E-state index in [2.05, 4.69) is 17.9 Å². The summed E-state index contributed by atoms with van der Waals surface area (Å²) >= 11 is 0. The van der Waals surface area contributed by atoms with Gasteiger partial charge in [0.05, 0.1) is 12.2 Å². The van der Waals surface area contributed by atoms with Crippen LogP contribution in [-0.2, 0) is 0 Å². The first-order chi connectivity index (χ1) is 9.76. The first kappa shape index (κ1) is 14.8. The predicted molar refractivity (Wildman–Crippen MR) is 77.5 cm³/mol. The monoisotopic (exact) mass is 274 g/mol. The lowest BCUT2D eigenvalue weighted by Gasteiger charge is -2.38. The minimum atomic E-state index is 0.204. The lowest BCUT2D eigenvalue weighted by molar-refractivity contribution is 0.0435. The topological polar surface area (TPSA) is 56.5 Å². The number of ether oxygens (including phenoxy) is 1. The maximum Gasteiger partial charge on any atom is 0.137 e. The number of hydrogen-bond acceptors (Lipinski definition) is 4. The molecule has 1 saturated heterocycles. The molecule has 1 aliphatic rings. The second-order valence-electron chi connectivity index (χ2n) is 5.36. The van der Waals surface area contributed by atoms with Crippen LogP contribution in [0.1, 0.15) is 25.3 Å². The number of likely N-dealkylation sites (tertiary alicyclic amines) is 1. The molecule has 2 rings (SSSR count). The van der Waals surface area contributed by atoms with Gasteiger partial charge in [-0.15, -0.1) is 0 Å². The van der Waals surface area contributed by atoms with Gasteiger partial charge in [0.25, 0.3) is 0 Å². The van der Waals surface area contributed by atoms with Gasteiger partial charge < -0.3 is 9.84 Å².